The quantitative estimate of drug-likeness (QED) is 0.453. The highest BCUT2D eigenvalue weighted by atomic mass is 79.9. The van der Waals surface area contributed by atoms with Gasteiger partial charge in [0, 0.05) is 39.6 Å². The van der Waals surface area contributed by atoms with Gasteiger partial charge in [0.25, 0.3) is 0 Å². The molecule has 140 valence electrons. The highest BCUT2D eigenvalue weighted by molar-refractivity contribution is 9.10. The van der Waals surface area contributed by atoms with Crippen LogP contribution in [0.15, 0.2) is 65.3 Å². The summed E-state index contributed by atoms with van der Waals surface area (Å²) in [7, 11) is 1.61. The molecule has 0 saturated heterocycles. The van der Waals surface area contributed by atoms with Gasteiger partial charge in [-0.1, -0.05) is 52.3 Å². The van der Waals surface area contributed by atoms with Crippen LogP contribution in [0.5, 0.6) is 5.88 Å². The van der Waals surface area contributed by atoms with Gasteiger partial charge in [-0.05, 0) is 30.2 Å². The van der Waals surface area contributed by atoms with E-state index < -0.39 is 0 Å². The number of nitrogens with one attached hydrogen (secondary N) is 1. The fourth-order valence-electron chi connectivity index (χ4n) is 3.02. The van der Waals surface area contributed by atoms with Crippen LogP contribution in [0.25, 0.3) is 10.8 Å². The molecular formula is C22H19BrN4O. The van der Waals surface area contributed by atoms with Crippen LogP contribution < -0.4 is 10.1 Å². The van der Waals surface area contributed by atoms with Crippen LogP contribution >= 0.6 is 15.9 Å². The van der Waals surface area contributed by atoms with Gasteiger partial charge in [-0.25, -0.2) is 4.98 Å². The Bertz CT molecular complexity index is 1130. The molecule has 1 N–H and O–H groups in total. The number of aryl methyl sites for hydroxylation is 1. The number of anilines is 2. The molecule has 0 spiro atoms. The summed E-state index contributed by atoms with van der Waals surface area (Å²) in [5.41, 5.74) is 4.12. The summed E-state index contributed by atoms with van der Waals surface area (Å²) in [5.74, 6) is 1.34. The number of hydrogen-bond donors (Lipinski definition) is 1. The average molecular weight is 435 g/mol. The van der Waals surface area contributed by atoms with E-state index in [-0.39, 0.29) is 0 Å². The number of rotatable bonds is 5. The Labute approximate surface area is 171 Å². The van der Waals surface area contributed by atoms with E-state index in [0.29, 0.717) is 12.3 Å². The molecule has 5 nitrogen and oxygen atoms in total. The molecule has 0 atom stereocenters. The third-order valence-corrected chi connectivity index (χ3v) is 5.43. The van der Waals surface area contributed by atoms with Gasteiger partial charge in [-0.2, -0.15) is 5.10 Å². The lowest BCUT2D eigenvalue weighted by Crippen LogP contribution is -2.02. The predicted molar refractivity (Wildman–Crippen MR) is 115 cm³/mol. The Morgan fingerprint density at radius 3 is 2.54 bits per heavy atom. The Kier molecular flexibility index (Phi) is 5.21. The lowest BCUT2D eigenvalue weighted by atomic mass is 10.1. The van der Waals surface area contributed by atoms with E-state index in [1.807, 2.05) is 42.6 Å². The molecule has 0 radical (unpaired) electrons. The Balaban J connectivity index is 1.68. The van der Waals surface area contributed by atoms with E-state index >= 15 is 0 Å². The van der Waals surface area contributed by atoms with Gasteiger partial charge >= 0.3 is 0 Å². The molecule has 2 heterocycles. The summed E-state index contributed by atoms with van der Waals surface area (Å²) in [6.07, 6.45) is 2.46. The number of pyridine rings is 1. The molecule has 0 aliphatic heterocycles. The van der Waals surface area contributed by atoms with Crippen molar-refractivity contribution in [3.05, 3.63) is 82.1 Å². The van der Waals surface area contributed by atoms with Crippen molar-refractivity contribution >= 4 is 38.2 Å². The van der Waals surface area contributed by atoms with Gasteiger partial charge in [0.1, 0.15) is 0 Å². The van der Waals surface area contributed by atoms with Crippen LogP contribution in [-0.2, 0) is 6.42 Å². The number of halogens is 1. The van der Waals surface area contributed by atoms with Crippen molar-refractivity contribution in [2.45, 2.75) is 13.3 Å². The minimum absolute atomic E-state index is 0.600. The highest BCUT2D eigenvalue weighted by Gasteiger charge is 2.11. The number of aromatic nitrogens is 3. The fraction of sp³-hybridized carbons (Fsp3) is 0.136. The zero-order valence-corrected chi connectivity index (χ0v) is 17.2. The third kappa shape index (κ3) is 3.82. The molecule has 28 heavy (non-hydrogen) atoms. The van der Waals surface area contributed by atoms with E-state index in [0.717, 1.165) is 38.0 Å². The number of fused-ring (bicyclic) bond motifs is 1. The summed E-state index contributed by atoms with van der Waals surface area (Å²) >= 11 is 3.58. The summed E-state index contributed by atoms with van der Waals surface area (Å²) in [6, 6.07) is 18.2. The van der Waals surface area contributed by atoms with E-state index in [2.05, 4.69) is 61.6 Å². The molecule has 0 bridgehead atoms. The summed E-state index contributed by atoms with van der Waals surface area (Å²) in [6.45, 7) is 2.06. The second-order valence-electron chi connectivity index (χ2n) is 6.52. The van der Waals surface area contributed by atoms with Gasteiger partial charge in [-0.15, -0.1) is 5.10 Å². The average Bonchev–Trinajstić information content (AvgIpc) is 2.73. The minimum atomic E-state index is 0.600. The van der Waals surface area contributed by atoms with E-state index in [1.165, 1.54) is 5.56 Å². The van der Waals surface area contributed by atoms with Crippen molar-refractivity contribution < 1.29 is 4.74 Å². The molecule has 2 aromatic heterocycles. The van der Waals surface area contributed by atoms with E-state index in [1.54, 1.807) is 7.11 Å². The Hall–Kier alpha value is -2.99. The maximum atomic E-state index is 5.13. The zero-order chi connectivity index (χ0) is 19.5. The Morgan fingerprint density at radius 1 is 1.00 bits per heavy atom. The van der Waals surface area contributed by atoms with Crippen molar-refractivity contribution in [1.82, 2.24) is 15.2 Å². The van der Waals surface area contributed by atoms with Gasteiger partial charge in [0.15, 0.2) is 5.82 Å². The second-order valence-corrected chi connectivity index (χ2v) is 7.37. The normalized spacial score (nSPS) is 10.8. The van der Waals surface area contributed by atoms with E-state index in [4.69, 9.17) is 4.74 Å². The maximum absolute atomic E-state index is 5.13. The molecule has 0 saturated carbocycles. The summed E-state index contributed by atoms with van der Waals surface area (Å²) in [4.78, 5) is 4.27. The minimum Gasteiger partial charge on any atom is -0.481 e. The van der Waals surface area contributed by atoms with Gasteiger partial charge in [0.2, 0.25) is 5.88 Å². The number of methoxy groups -OCH3 is 1. The molecule has 6 heteroatoms. The lowest BCUT2D eigenvalue weighted by molar-refractivity contribution is 0.397. The topological polar surface area (TPSA) is 59.9 Å². The predicted octanol–water partition coefficient (Wildman–Crippen LogP) is 5.44. The second kappa shape index (κ2) is 7.94. The van der Waals surface area contributed by atoms with Crippen molar-refractivity contribution in [1.29, 1.82) is 0 Å². The number of hydrogen-bond acceptors (Lipinski definition) is 5. The molecule has 0 unspecified atom stereocenters. The van der Waals surface area contributed by atoms with Crippen LogP contribution in [0.2, 0.25) is 0 Å². The molecular weight excluding hydrogens is 416 g/mol. The highest BCUT2D eigenvalue weighted by Crippen LogP contribution is 2.28. The first-order valence-electron chi connectivity index (χ1n) is 8.90. The summed E-state index contributed by atoms with van der Waals surface area (Å²) in [5, 5.41) is 14.5. The van der Waals surface area contributed by atoms with Crippen LogP contribution in [0, 0.1) is 6.92 Å². The first-order chi connectivity index (χ1) is 13.6. The maximum Gasteiger partial charge on any atom is 0.212 e. The number of benzene rings is 2. The van der Waals surface area contributed by atoms with Crippen LogP contribution in [0.4, 0.5) is 11.5 Å². The Morgan fingerprint density at radius 2 is 1.82 bits per heavy atom. The van der Waals surface area contributed by atoms with Crippen LogP contribution in [0.3, 0.4) is 0 Å². The van der Waals surface area contributed by atoms with Crippen LogP contribution in [0.1, 0.15) is 16.8 Å². The van der Waals surface area contributed by atoms with Crippen molar-refractivity contribution in [3.63, 3.8) is 0 Å². The largest absolute Gasteiger partial charge is 0.481 e. The van der Waals surface area contributed by atoms with Crippen molar-refractivity contribution in [3.8, 4) is 5.88 Å². The van der Waals surface area contributed by atoms with Crippen molar-refractivity contribution in [2.75, 3.05) is 12.4 Å². The molecule has 0 aliphatic rings. The van der Waals surface area contributed by atoms with Crippen LogP contribution in [-0.4, -0.2) is 22.3 Å². The molecule has 4 aromatic rings. The summed E-state index contributed by atoms with van der Waals surface area (Å²) < 4.78 is 6.18. The monoisotopic (exact) mass is 434 g/mol. The molecule has 2 aromatic carbocycles. The number of nitrogens with zero attached hydrogens (tertiary/aromatic N) is 3. The smallest absolute Gasteiger partial charge is 0.212 e. The first-order valence-corrected chi connectivity index (χ1v) is 9.70. The standard InChI is InChI=1S/C22H19BrN4O/c1-14-7-9-16(12-19(14)23)25-22-18-6-4-3-5-17(18)20(26-27-22)11-15-8-10-21(28-2)24-13-15/h3-10,12-13H,11H2,1-2H3,(H,25,27). The molecule has 4 rings (SSSR count). The van der Waals surface area contributed by atoms with Gasteiger partial charge < -0.3 is 10.1 Å². The van der Waals surface area contributed by atoms with E-state index in [9.17, 15) is 0 Å². The van der Waals surface area contributed by atoms with Gasteiger partial charge in [0.05, 0.1) is 12.8 Å². The molecule has 0 amide bonds. The molecule has 0 aliphatic carbocycles. The third-order valence-electron chi connectivity index (χ3n) is 4.58. The number of ether oxygens (including phenoxy) is 1. The van der Waals surface area contributed by atoms with Gasteiger partial charge in [-0.3, -0.25) is 0 Å². The lowest BCUT2D eigenvalue weighted by Gasteiger charge is -2.12. The molecule has 0 fully saturated rings. The van der Waals surface area contributed by atoms with Crippen molar-refractivity contribution in [2.24, 2.45) is 0 Å². The zero-order valence-electron chi connectivity index (χ0n) is 15.6. The SMILES string of the molecule is COc1ccc(Cc2nnc(Nc3ccc(C)c(Br)c3)c3ccccc23)cn1. The first kappa shape index (κ1) is 18.4. The fourth-order valence-corrected chi connectivity index (χ4v) is 3.40.